The molecule has 1 aromatic rings. The maximum Gasteiger partial charge on any atom is 0.342 e. The number of hydrogen-bond donors (Lipinski definition) is 1. The predicted octanol–water partition coefficient (Wildman–Crippen LogP) is 7.03. The van der Waals surface area contributed by atoms with Gasteiger partial charge in [0.15, 0.2) is 0 Å². The highest BCUT2D eigenvalue weighted by atomic mass is 16.5. The molecular formula is C23H38O3. The zero-order valence-corrected chi connectivity index (χ0v) is 16.8. The lowest BCUT2D eigenvalue weighted by Gasteiger charge is -2.16. The molecule has 0 heterocycles. The molecule has 1 atom stereocenters. The van der Waals surface area contributed by atoms with Crippen molar-refractivity contribution in [2.75, 3.05) is 0 Å². The number of hydrogen-bond acceptors (Lipinski definition) is 3. The highest BCUT2D eigenvalue weighted by Gasteiger charge is 2.16. The lowest BCUT2D eigenvalue weighted by molar-refractivity contribution is 0.0264. The van der Waals surface area contributed by atoms with E-state index in [1.54, 1.807) is 18.2 Å². The molecule has 26 heavy (non-hydrogen) atoms. The average molecular weight is 363 g/mol. The Morgan fingerprint density at radius 2 is 1.42 bits per heavy atom. The van der Waals surface area contributed by atoms with Crippen molar-refractivity contribution < 1.29 is 14.6 Å². The molecule has 3 heteroatoms. The zero-order chi connectivity index (χ0) is 19.0. The van der Waals surface area contributed by atoms with Gasteiger partial charge in [0.25, 0.3) is 0 Å². The van der Waals surface area contributed by atoms with Gasteiger partial charge in [-0.1, -0.05) is 90.2 Å². The summed E-state index contributed by atoms with van der Waals surface area (Å²) in [6.07, 6.45) is 16.2. The molecule has 0 saturated carbocycles. The lowest BCUT2D eigenvalue weighted by atomic mass is 10.0. The van der Waals surface area contributed by atoms with Crippen LogP contribution >= 0.6 is 0 Å². The number of para-hydroxylation sites is 1. The van der Waals surface area contributed by atoms with Crippen molar-refractivity contribution in [1.82, 2.24) is 0 Å². The Hall–Kier alpha value is -1.51. The zero-order valence-electron chi connectivity index (χ0n) is 16.8. The Morgan fingerprint density at radius 1 is 0.885 bits per heavy atom. The summed E-state index contributed by atoms with van der Waals surface area (Å²) in [5.74, 6) is -0.430. The number of unbranched alkanes of at least 4 members (excludes halogenated alkanes) is 10. The Morgan fingerprint density at radius 3 is 1.96 bits per heavy atom. The minimum absolute atomic E-state index is 0.0120. The van der Waals surface area contributed by atoms with Crippen LogP contribution in [0.5, 0.6) is 5.75 Å². The number of esters is 1. The standard InChI is InChI=1S/C23H38O3/c1-3-5-6-7-8-9-10-11-12-13-14-17-20(4-2)26-23(25)21-18-15-16-19-22(21)24/h15-16,18-20,24H,3-14,17H2,1-2H3. The van der Waals surface area contributed by atoms with Crippen molar-refractivity contribution in [2.45, 2.75) is 103 Å². The molecule has 0 radical (unpaired) electrons. The third-order valence-corrected chi connectivity index (χ3v) is 4.98. The molecule has 0 aliphatic carbocycles. The second-order valence-electron chi connectivity index (χ2n) is 7.28. The van der Waals surface area contributed by atoms with Gasteiger partial charge in [0.05, 0.1) is 0 Å². The predicted molar refractivity (Wildman–Crippen MR) is 109 cm³/mol. The van der Waals surface area contributed by atoms with Gasteiger partial charge in [-0.25, -0.2) is 4.79 Å². The van der Waals surface area contributed by atoms with Crippen LogP contribution in [0.25, 0.3) is 0 Å². The minimum Gasteiger partial charge on any atom is -0.507 e. The van der Waals surface area contributed by atoms with E-state index in [-0.39, 0.29) is 17.4 Å². The van der Waals surface area contributed by atoms with Crippen LogP contribution in [0.2, 0.25) is 0 Å². The van der Waals surface area contributed by atoms with Crippen molar-refractivity contribution in [3.63, 3.8) is 0 Å². The van der Waals surface area contributed by atoms with Crippen molar-refractivity contribution in [1.29, 1.82) is 0 Å². The van der Waals surface area contributed by atoms with Gasteiger partial charge in [-0.15, -0.1) is 0 Å². The number of aromatic hydroxyl groups is 1. The molecule has 0 amide bonds. The summed E-state index contributed by atoms with van der Waals surface area (Å²) in [6.45, 7) is 4.30. The molecular weight excluding hydrogens is 324 g/mol. The van der Waals surface area contributed by atoms with Gasteiger partial charge < -0.3 is 9.84 Å². The smallest absolute Gasteiger partial charge is 0.342 e. The quantitative estimate of drug-likeness (QED) is 0.269. The number of carbonyl (C=O) groups is 1. The van der Waals surface area contributed by atoms with Gasteiger partial charge in [0.1, 0.15) is 17.4 Å². The first-order chi connectivity index (χ1) is 12.7. The molecule has 1 rings (SSSR count). The number of ether oxygens (including phenoxy) is 1. The maximum absolute atomic E-state index is 12.2. The summed E-state index contributed by atoms with van der Waals surface area (Å²) in [5, 5.41) is 9.74. The number of phenols is 1. The molecule has 148 valence electrons. The second-order valence-corrected chi connectivity index (χ2v) is 7.28. The van der Waals surface area contributed by atoms with Crippen LogP contribution in [-0.2, 0) is 4.74 Å². The van der Waals surface area contributed by atoms with Crippen LogP contribution in [-0.4, -0.2) is 17.2 Å². The van der Waals surface area contributed by atoms with E-state index in [4.69, 9.17) is 4.74 Å². The van der Waals surface area contributed by atoms with Crippen molar-refractivity contribution in [3.05, 3.63) is 29.8 Å². The number of rotatable bonds is 15. The van der Waals surface area contributed by atoms with Gasteiger partial charge in [-0.2, -0.15) is 0 Å². The van der Waals surface area contributed by atoms with Crippen LogP contribution in [0.1, 0.15) is 108 Å². The fourth-order valence-corrected chi connectivity index (χ4v) is 3.24. The fourth-order valence-electron chi connectivity index (χ4n) is 3.24. The minimum atomic E-state index is -0.418. The fraction of sp³-hybridized carbons (Fsp3) is 0.696. The first-order valence-corrected chi connectivity index (χ1v) is 10.7. The van der Waals surface area contributed by atoms with Gasteiger partial charge in [0.2, 0.25) is 0 Å². The molecule has 0 aliphatic heterocycles. The number of benzene rings is 1. The molecule has 0 fully saturated rings. The third-order valence-electron chi connectivity index (χ3n) is 4.98. The van der Waals surface area contributed by atoms with E-state index in [0.29, 0.717) is 0 Å². The second kappa shape index (κ2) is 14.6. The first kappa shape index (κ1) is 22.5. The summed E-state index contributed by atoms with van der Waals surface area (Å²) in [5.41, 5.74) is 0.255. The first-order valence-electron chi connectivity index (χ1n) is 10.7. The van der Waals surface area contributed by atoms with Crippen molar-refractivity contribution in [2.24, 2.45) is 0 Å². The van der Waals surface area contributed by atoms with Crippen LogP contribution in [0.4, 0.5) is 0 Å². The summed E-state index contributed by atoms with van der Waals surface area (Å²) >= 11 is 0. The molecule has 0 aromatic heterocycles. The van der Waals surface area contributed by atoms with Crippen LogP contribution in [0, 0.1) is 0 Å². The van der Waals surface area contributed by atoms with Gasteiger partial charge in [0, 0.05) is 0 Å². The van der Waals surface area contributed by atoms with E-state index >= 15 is 0 Å². The van der Waals surface area contributed by atoms with E-state index in [1.165, 1.54) is 70.3 Å². The highest BCUT2D eigenvalue weighted by Crippen LogP contribution is 2.20. The number of phenolic OH excluding ortho intramolecular Hbond substituents is 1. The Balaban J connectivity index is 2.08. The third kappa shape index (κ3) is 9.84. The number of carbonyl (C=O) groups excluding carboxylic acids is 1. The Kier molecular flexibility index (Phi) is 12.7. The highest BCUT2D eigenvalue weighted by molar-refractivity contribution is 5.92. The summed E-state index contributed by atoms with van der Waals surface area (Å²) < 4.78 is 5.56. The lowest BCUT2D eigenvalue weighted by Crippen LogP contribution is -2.17. The monoisotopic (exact) mass is 362 g/mol. The van der Waals surface area contributed by atoms with Crippen molar-refractivity contribution >= 4 is 5.97 Å². The van der Waals surface area contributed by atoms with Crippen LogP contribution in [0.3, 0.4) is 0 Å². The van der Waals surface area contributed by atoms with E-state index < -0.39 is 5.97 Å². The molecule has 1 unspecified atom stereocenters. The average Bonchev–Trinajstić information content (AvgIpc) is 2.65. The molecule has 0 spiro atoms. The molecule has 0 saturated heterocycles. The van der Waals surface area contributed by atoms with E-state index in [9.17, 15) is 9.90 Å². The van der Waals surface area contributed by atoms with Crippen LogP contribution < -0.4 is 0 Å². The molecule has 1 N–H and O–H groups in total. The molecule has 1 aromatic carbocycles. The summed E-state index contributed by atoms with van der Waals surface area (Å²) in [7, 11) is 0. The Bertz CT molecular complexity index is 484. The summed E-state index contributed by atoms with van der Waals surface area (Å²) in [4.78, 5) is 12.2. The SMILES string of the molecule is CCCCCCCCCCCCCC(CC)OC(=O)c1ccccc1O. The molecule has 0 bridgehead atoms. The maximum atomic E-state index is 12.2. The van der Waals surface area contributed by atoms with Crippen LogP contribution in [0.15, 0.2) is 24.3 Å². The largest absolute Gasteiger partial charge is 0.507 e. The Labute approximate surface area is 160 Å². The molecule has 3 nitrogen and oxygen atoms in total. The topological polar surface area (TPSA) is 46.5 Å². The normalized spacial score (nSPS) is 12.1. The van der Waals surface area contributed by atoms with E-state index in [2.05, 4.69) is 6.92 Å². The molecule has 0 aliphatic rings. The van der Waals surface area contributed by atoms with Gasteiger partial charge in [-0.3, -0.25) is 0 Å². The van der Waals surface area contributed by atoms with Crippen molar-refractivity contribution in [3.8, 4) is 5.75 Å². The van der Waals surface area contributed by atoms with E-state index in [1.807, 2.05) is 6.92 Å². The van der Waals surface area contributed by atoms with Gasteiger partial charge in [-0.05, 0) is 31.4 Å². The van der Waals surface area contributed by atoms with Gasteiger partial charge >= 0.3 is 5.97 Å². The summed E-state index contributed by atoms with van der Waals surface area (Å²) in [6, 6.07) is 6.56. The van der Waals surface area contributed by atoms with E-state index in [0.717, 1.165) is 19.3 Å².